The number of aromatic nitrogens is 1. The number of nitrogens with one attached hydrogen (secondary N) is 1. The Morgan fingerprint density at radius 3 is 2.50 bits per heavy atom. The fourth-order valence-corrected chi connectivity index (χ4v) is 2.04. The van der Waals surface area contributed by atoms with Crippen molar-refractivity contribution in [1.29, 1.82) is 0 Å². The topological polar surface area (TPSA) is 72.9 Å². The van der Waals surface area contributed by atoms with Crippen molar-refractivity contribution in [3.8, 4) is 11.5 Å². The van der Waals surface area contributed by atoms with Crippen LogP contribution in [0.3, 0.4) is 0 Å². The summed E-state index contributed by atoms with van der Waals surface area (Å²) in [5, 5.41) is 0. The second-order valence-electron chi connectivity index (χ2n) is 4.56. The molecule has 0 spiro atoms. The molecule has 0 saturated heterocycles. The third-order valence-electron chi connectivity index (χ3n) is 3.13. The van der Waals surface area contributed by atoms with Gasteiger partial charge in [-0.15, -0.1) is 0 Å². The molecule has 22 heavy (non-hydrogen) atoms. The predicted molar refractivity (Wildman–Crippen MR) is 80.9 cm³/mol. The fourth-order valence-electron chi connectivity index (χ4n) is 2.04. The smallest absolute Gasteiger partial charge is 0.363 e. The first-order chi connectivity index (χ1) is 10.7. The van der Waals surface area contributed by atoms with E-state index in [0.717, 1.165) is 5.69 Å². The standard InChI is InChI=1S/C16H14N2O4/c1-20-12-6-10(7-13(9-12)21-2)15-18-14(16(19)22-15)8-11-4-3-5-17-11/h3-9,17H,1-2H3/b14-8-. The van der Waals surface area contributed by atoms with Crippen LogP contribution in [0.5, 0.6) is 11.5 Å². The fraction of sp³-hybridized carbons (Fsp3) is 0.125. The van der Waals surface area contributed by atoms with Gasteiger partial charge in [-0.25, -0.2) is 9.79 Å². The number of aliphatic imine (C=N–C) groups is 1. The Morgan fingerprint density at radius 1 is 1.18 bits per heavy atom. The van der Waals surface area contributed by atoms with E-state index in [9.17, 15) is 4.79 Å². The van der Waals surface area contributed by atoms with Gasteiger partial charge >= 0.3 is 5.97 Å². The molecule has 2 heterocycles. The van der Waals surface area contributed by atoms with Gasteiger partial charge in [0.25, 0.3) is 0 Å². The maximum absolute atomic E-state index is 11.9. The summed E-state index contributed by atoms with van der Waals surface area (Å²) in [5.74, 6) is 0.913. The van der Waals surface area contributed by atoms with Crippen LogP contribution in [-0.4, -0.2) is 31.1 Å². The maximum Gasteiger partial charge on any atom is 0.363 e. The Bertz CT molecular complexity index is 738. The molecule has 0 bridgehead atoms. The molecule has 0 radical (unpaired) electrons. The maximum atomic E-state index is 11.9. The van der Waals surface area contributed by atoms with Gasteiger partial charge < -0.3 is 19.2 Å². The van der Waals surface area contributed by atoms with Crippen molar-refractivity contribution in [1.82, 2.24) is 4.98 Å². The minimum absolute atomic E-state index is 0.222. The molecule has 0 unspecified atom stereocenters. The number of carbonyl (C=O) groups excluding carboxylic acids is 1. The molecule has 0 amide bonds. The van der Waals surface area contributed by atoms with Crippen LogP contribution in [0.1, 0.15) is 11.3 Å². The van der Waals surface area contributed by atoms with Crippen LogP contribution >= 0.6 is 0 Å². The molecule has 1 aromatic heterocycles. The Hall–Kier alpha value is -3.02. The second kappa shape index (κ2) is 5.77. The van der Waals surface area contributed by atoms with Gasteiger partial charge in [0.05, 0.1) is 14.2 Å². The normalized spacial score (nSPS) is 15.6. The zero-order valence-corrected chi connectivity index (χ0v) is 12.1. The van der Waals surface area contributed by atoms with E-state index in [1.807, 2.05) is 12.1 Å². The van der Waals surface area contributed by atoms with E-state index >= 15 is 0 Å². The number of cyclic esters (lactones) is 1. The van der Waals surface area contributed by atoms with Crippen LogP contribution in [0.15, 0.2) is 47.2 Å². The van der Waals surface area contributed by atoms with E-state index in [-0.39, 0.29) is 11.6 Å². The number of benzene rings is 1. The van der Waals surface area contributed by atoms with Crippen molar-refractivity contribution in [2.75, 3.05) is 14.2 Å². The zero-order valence-electron chi connectivity index (χ0n) is 12.1. The van der Waals surface area contributed by atoms with E-state index in [4.69, 9.17) is 14.2 Å². The van der Waals surface area contributed by atoms with E-state index in [0.29, 0.717) is 17.1 Å². The van der Waals surface area contributed by atoms with Crippen LogP contribution in [-0.2, 0) is 9.53 Å². The molecule has 1 aromatic carbocycles. The number of rotatable bonds is 4. The number of methoxy groups -OCH3 is 2. The summed E-state index contributed by atoms with van der Waals surface area (Å²) in [6.07, 6.45) is 3.40. The molecule has 112 valence electrons. The number of ether oxygens (including phenoxy) is 3. The first-order valence-corrected chi connectivity index (χ1v) is 6.59. The van der Waals surface area contributed by atoms with Crippen molar-refractivity contribution in [3.63, 3.8) is 0 Å². The van der Waals surface area contributed by atoms with Crippen molar-refractivity contribution in [2.24, 2.45) is 4.99 Å². The van der Waals surface area contributed by atoms with Gasteiger partial charge in [0.2, 0.25) is 5.90 Å². The molecule has 1 aliphatic heterocycles. The highest BCUT2D eigenvalue weighted by Crippen LogP contribution is 2.26. The summed E-state index contributed by atoms with van der Waals surface area (Å²) >= 11 is 0. The minimum atomic E-state index is -0.494. The molecular weight excluding hydrogens is 284 g/mol. The monoisotopic (exact) mass is 298 g/mol. The molecule has 2 aromatic rings. The van der Waals surface area contributed by atoms with Gasteiger partial charge in [-0.3, -0.25) is 0 Å². The number of carbonyl (C=O) groups is 1. The minimum Gasteiger partial charge on any atom is -0.497 e. The highest BCUT2D eigenvalue weighted by atomic mass is 16.6. The van der Waals surface area contributed by atoms with Crippen molar-refractivity contribution < 1.29 is 19.0 Å². The van der Waals surface area contributed by atoms with Crippen LogP contribution in [0.2, 0.25) is 0 Å². The van der Waals surface area contributed by atoms with E-state index in [1.165, 1.54) is 0 Å². The summed E-state index contributed by atoms with van der Waals surface area (Å²) < 4.78 is 15.6. The highest BCUT2D eigenvalue weighted by molar-refractivity contribution is 6.13. The molecule has 0 fully saturated rings. The van der Waals surface area contributed by atoms with Crippen molar-refractivity contribution in [3.05, 3.63) is 53.5 Å². The first-order valence-electron chi connectivity index (χ1n) is 6.59. The number of hydrogen-bond donors (Lipinski definition) is 1. The average molecular weight is 298 g/mol. The molecule has 6 nitrogen and oxygen atoms in total. The Morgan fingerprint density at radius 2 is 1.91 bits per heavy atom. The molecule has 6 heteroatoms. The third kappa shape index (κ3) is 2.71. The number of nitrogens with zero attached hydrogens (tertiary/aromatic N) is 1. The van der Waals surface area contributed by atoms with Gasteiger partial charge in [0, 0.05) is 23.5 Å². The lowest BCUT2D eigenvalue weighted by atomic mass is 10.2. The summed E-state index contributed by atoms with van der Waals surface area (Å²) in [6, 6.07) is 8.86. The van der Waals surface area contributed by atoms with E-state index < -0.39 is 5.97 Å². The predicted octanol–water partition coefficient (Wildman–Crippen LogP) is 2.38. The van der Waals surface area contributed by atoms with Gasteiger partial charge in [-0.05, 0) is 30.3 Å². The Kier molecular flexibility index (Phi) is 3.65. The van der Waals surface area contributed by atoms with Gasteiger partial charge in [0.15, 0.2) is 5.70 Å². The highest BCUT2D eigenvalue weighted by Gasteiger charge is 2.25. The first kappa shape index (κ1) is 13.9. The molecule has 3 rings (SSSR count). The van der Waals surface area contributed by atoms with Gasteiger partial charge in [0.1, 0.15) is 11.5 Å². The summed E-state index contributed by atoms with van der Waals surface area (Å²) in [4.78, 5) is 19.1. The van der Waals surface area contributed by atoms with Crippen LogP contribution in [0.25, 0.3) is 6.08 Å². The quantitative estimate of drug-likeness (QED) is 0.695. The Labute approximate surface area is 127 Å². The van der Waals surface area contributed by atoms with Crippen molar-refractivity contribution in [2.45, 2.75) is 0 Å². The number of esters is 1. The lowest BCUT2D eigenvalue weighted by molar-refractivity contribution is -0.129. The SMILES string of the molecule is COc1cc(OC)cc(C2=N/C(=C\c3ccc[nH]3)C(=O)O2)c1. The van der Waals surface area contributed by atoms with E-state index in [1.54, 1.807) is 44.7 Å². The second-order valence-corrected chi connectivity index (χ2v) is 4.56. The van der Waals surface area contributed by atoms with E-state index in [2.05, 4.69) is 9.98 Å². The molecule has 0 aliphatic carbocycles. The number of aromatic amines is 1. The number of H-pyrrole nitrogens is 1. The number of hydrogen-bond acceptors (Lipinski definition) is 5. The van der Waals surface area contributed by atoms with Gasteiger partial charge in [-0.1, -0.05) is 0 Å². The lowest BCUT2D eigenvalue weighted by Gasteiger charge is -2.07. The molecular formula is C16H14N2O4. The summed E-state index contributed by atoms with van der Waals surface area (Å²) in [6.45, 7) is 0. The van der Waals surface area contributed by atoms with Gasteiger partial charge in [-0.2, -0.15) is 0 Å². The molecule has 0 saturated carbocycles. The average Bonchev–Trinajstić information content (AvgIpc) is 3.17. The largest absolute Gasteiger partial charge is 0.497 e. The molecule has 1 aliphatic rings. The molecule has 0 atom stereocenters. The van der Waals surface area contributed by atoms with Crippen LogP contribution < -0.4 is 9.47 Å². The summed E-state index contributed by atoms with van der Waals surface area (Å²) in [7, 11) is 3.11. The lowest BCUT2D eigenvalue weighted by Crippen LogP contribution is -2.06. The zero-order chi connectivity index (χ0) is 15.5. The van der Waals surface area contributed by atoms with Crippen LogP contribution in [0, 0.1) is 0 Å². The third-order valence-corrected chi connectivity index (χ3v) is 3.13. The molecule has 1 N–H and O–H groups in total. The van der Waals surface area contributed by atoms with Crippen molar-refractivity contribution >= 4 is 17.9 Å². The Balaban J connectivity index is 1.97. The van der Waals surface area contributed by atoms with Crippen LogP contribution in [0.4, 0.5) is 0 Å². The summed E-state index contributed by atoms with van der Waals surface area (Å²) in [5.41, 5.74) is 1.62.